The van der Waals surface area contributed by atoms with Gasteiger partial charge in [-0.05, 0) is 71.7 Å². The van der Waals surface area contributed by atoms with E-state index in [2.05, 4.69) is 5.10 Å². The molecule has 3 aromatic heterocycles. The summed E-state index contributed by atoms with van der Waals surface area (Å²) in [4.78, 5) is 32.9. The molecule has 0 radical (unpaired) electrons. The number of likely N-dealkylation sites (tertiary alicyclic amines) is 1. The average molecular weight is 548 g/mol. The third-order valence-corrected chi connectivity index (χ3v) is 7.35. The molecule has 0 unspecified atom stereocenters. The van der Waals surface area contributed by atoms with Gasteiger partial charge in [-0.3, -0.25) is 9.48 Å². The van der Waals surface area contributed by atoms with Crippen LogP contribution in [0.25, 0.3) is 33.1 Å². The molecule has 0 saturated carbocycles. The standard InChI is InChI=1S/C30H37N5O5/c1-18-14-21(10-12-34(18)29(37)40-30(3,4)5)35-13-11-25-22(28(35)36)8-9-24(31-25)23-15-20-16-33(6)32-26(20)19(2)27(23)39-17-38-7/h8-9,11,13,15-16,18,21H,10,12,14,17H2,1-7H3/t18-,21-/m0/s1. The Bertz CT molecular complexity index is 1630. The molecular formula is C30H37N5O5. The van der Waals surface area contributed by atoms with E-state index in [4.69, 9.17) is 19.2 Å². The van der Waals surface area contributed by atoms with Gasteiger partial charge in [-0.2, -0.15) is 5.10 Å². The van der Waals surface area contributed by atoms with E-state index in [0.29, 0.717) is 41.7 Å². The Morgan fingerprint density at radius 2 is 1.98 bits per heavy atom. The number of methoxy groups -OCH3 is 1. The Balaban J connectivity index is 1.46. The molecule has 1 aromatic carbocycles. The number of carbonyl (C=O) groups excluding carboxylic acids is 1. The molecule has 0 N–H and O–H groups in total. The summed E-state index contributed by atoms with van der Waals surface area (Å²) in [6.45, 7) is 10.2. The van der Waals surface area contributed by atoms with Crippen molar-refractivity contribution in [2.75, 3.05) is 20.4 Å². The normalized spacial score (nSPS) is 17.9. The molecule has 1 aliphatic rings. The largest absolute Gasteiger partial charge is 0.466 e. The van der Waals surface area contributed by atoms with Crippen molar-refractivity contribution in [3.63, 3.8) is 0 Å². The first-order valence-electron chi connectivity index (χ1n) is 13.6. The molecule has 1 amide bonds. The van der Waals surface area contributed by atoms with E-state index < -0.39 is 5.60 Å². The van der Waals surface area contributed by atoms with Gasteiger partial charge >= 0.3 is 6.09 Å². The van der Waals surface area contributed by atoms with E-state index in [1.807, 2.05) is 78.3 Å². The summed E-state index contributed by atoms with van der Waals surface area (Å²) in [6.07, 6.45) is 4.81. The molecule has 1 saturated heterocycles. The zero-order valence-electron chi connectivity index (χ0n) is 24.2. The van der Waals surface area contributed by atoms with Crippen LogP contribution in [-0.4, -0.2) is 62.4 Å². The molecule has 0 aliphatic carbocycles. The van der Waals surface area contributed by atoms with E-state index in [1.165, 1.54) is 0 Å². The number of piperidine rings is 1. The highest BCUT2D eigenvalue weighted by molar-refractivity contribution is 5.92. The van der Waals surface area contributed by atoms with E-state index >= 15 is 0 Å². The Kier molecular flexibility index (Phi) is 7.31. The molecule has 4 heterocycles. The summed E-state index contributed by atoms with van der Waals surface area (Å²) in [6, 6.07) is 7.52. The van der Waals surface area contributed by atoms with E-state index in [0.717, 1.165) is 22.0 Å². The Hall–Kier alpha value is -3.92. The summed E-state index contributed by atoms with van der Waals surface area (Å²) in [5.74, 6) is 0.652. The number of amides is 1. The number of pyridine rings is 2. The van der Waals surface area contributed by atoms with Gasteiger partial charge in [0.2, 0.25) is 0 Å². The van der Waals surface area contributed by atoms with Crippen LogP contribution in [0.2, 0.25) is 0 Å². The van der Waals surface area contributed by atoms with Crippen molar-refractivity contribution in [1.82, 2.24) is 24.2 Å². The van der Waals surface area contributed by atoms with Crippen molar-refractivity contribution in [3.05, 3.63) is 52.6 Å². The number of hydrogen-bond donors (Lipinski definition) is 0. The molecule has 4 aromatic rings. The first-order valence-corrected chi connectivity index (χ1v) is 13.6. The highest BCUT2D eigenvalue weighted by Gasteiger charge is 2.33. The second-order valence-electron chi connectivity index (χ2n) is 11.5. The Morgan fingerprint density at radius 1 is 1.20 bits per heavy atom. The van der Waals surface area contributed by atoms with E-state index in [1.54, 1.807) is 21.3 Å². The molecule has 2 atom stereocenters. The lowest BCUT2D eigenvalue weighted by Crippen LogP contribution is -2.47. The fourth-order valence-corrected chi connectivity index (χ4v) is 5.50. The van der Waals surface area contributed by atoms with E-state index in [9.17, 15) is 9.59 Å². The van der Waals surface area contributed by atoms with Crippen molar-refractivity contribution >= 4 is 27.9 Å². The minimum Gasteiger partial charge on any atom is -0.466 e. The summed E-state index contributed by atoms with van der Waals surface area (Å²) in [7, 11) is 3.46. The molecule has 10 heteroatoms. The fourth-order valence-electron chi connectivity index (χ4n) is 5.50. The second kappa shape index (κ2) is 10.6. The summed E-state index contributed by atoms with van der Waals surface area (Å²) < 4.78 is 20.3. The summed E-state index contributed by atoms with van der Waals surface area (Å²) >= 11 is 0. The molecular weight excluding hydrogens is 510 g/mol. The third-order valence-electron chi connectivity index (χ3n) is 7.35. The molecule has 5 rings (SSSR count). The maximum Gasteiger partial charge on any atom is 0.410 e. The van der Waals surface area contributed by atoms with Crippen LogP contribution in [0, 0.1) is 6.92 Å². The van der Waals surface area contributed by atoms with Gasteiger partial charge in [-0.25, -0.2) is 9.78 Å². The van der Waals surface area contributed by atoms with Crippen molar-refractivity contribution in [1.29, 1.82) is 0 Å². The van der Waals surface area contributed by atoms with Crippen LogP contribution in [-0.2, 0) is 16.5 Å². The number of nitrogens with zero attached hydrogens (tertiary/aromatic N) is 5. The van der Waals surface area contributed by atoms with Gasteiger partial charge < -0.3 is 23.7 Å². The predicted molar refractivity (Wildman–Crippen MR) is 154 cm³/mol. The summed E-state index contributed by atoms with van der Waals surface area (Å²) in [5, 5.41) is 6.09. The SMILES string of the molecule is COCOc1c(-c2ccc3c(=O)n([C@H]4CCN(C(=O)OC(C)(C)C)[C@@H](C)C4)ccc3n2)cc2cn(C)nc2c1C. The average Bonchev–Trinajstić information content (AvgIpc) is 3.27. The first-order chi connectivity index (χ1) is 19.0. The van der Waals surface area contributed by atoms with Gasteiger partial charge in [0.25, 0.3) is 5.56 Å². The van der Waals surface area contributed by atoms with Gasteiger partial charge in [0.05, 0.1) is 22.1 Å². The lowest BCUT2D eigenvalue weighted by molar-refractivity contribution is 0.00772. The number of ether oxygens (including phenoxy) is 3. The number of rotatable bonds is 5. The fraction of sp³-hybridized carbons (Fsp3) is 0.467. The lowest BCUT2D eigenvalue weighted by atomic mass is 9.98. The summed E-state index contributed by atoms with van der Waals surface area (Å²) in [5.41, 5.74) is 3.23. The minimum absolute atomic E-state index is 0.0186. The molecule has 40 heavy (non-hydrogen) atoms. The molecule has 10 nitrogen and oxygen atoms in total. The smallest absolute Gasteiger partial charge is 0.410 e. The highest BCUT2D eigenvalue weighted by atomic mass is 16.7. The topological polar surface area (TPSA) is 101 Å². The van der Waals surface area contributed by atoms with Crippen LogP contribution in [0.1, 0.15) is 52.1 Å². The van der Waals surface area contributed by atoms with Crippen LogP contribution in [0.3, 0.4) is 0 Å². The maximum atomic E-state index is 13.6. The molecule has 1 aliphatic heterocycles. The quantitative estimate of drug-likeness (QED) is 0.317. The van der Waals surface area contributed by atoms with Gasteiger partial charge in [0.1, 0.15) is 11.4 Å². The van der Waals surface area contributed by atoms with Crippen molar-refractivity contribution in [2.45, 2.75) is 65.1 Å². The van der Waals surface area contributed by atoms with Crippen LogP contribution in [0.4, 0.5) is 4.79 Å². The van der Waals surface area contributed by atoms with Gasteiger partial charge in [0, 0.05) is 61.7 Å². The Morgan fingerprint density at radius 3 is 2.67 bits per heavy atom. The third kappa shape index (κ3) is 5.28. The first kappa shape index (κ1) is 27.6. The molecule has 212 valence electrons. The second-order valence-corrected chi connectivity index (χ2v) is 11.5. The Labute approximate surface area is 233 Å². The zero-order valence-corrected chi connectivity index (χ0v) is 24.2. The molecule has 0 spiro atoms. The maximum absolute atomic E-state index is 13.6. The number of aryl methyl sites for hydroxylation is 2. The van der Waals surface area contributed by atoms with Crippen molar-refractivity contribution < 1.29 is 19.0 Å². The van der Waals surface area contributed by atoms with Crippen molar-refractivity contribution in [3.8, 4) is 17.0 Å². The van der Waals surface area contributed by atoms with Crippen LogP contribution in [0.15, 0.2) is 41.5 Å². The number of hydrogen-bond acceptors (Lipinski definition) is 7. The lowest BCUT2D eigenvalue weighted by Gasteiger charge is -2.38. The number of aromatic nitrogens is 4. The monoisotopic (exact) mass is 547 g/mol. The van der Waals surface area contributed by atoms with Crippen LogP contribution in [0.5, 0.6) is 5.75 Å². The minimum atomic E-state index is -0.548. The molecule has 1 fully saturated rings. The number of carbonyl (C=O) groups is 1. The van der Waals surface area contributed by atoms with E-state index in [-0.39, 0.29) is 30.5 Å². The van der Waals surface area contributed by atoms with Crippen molar-refractivity contribution in [2.24, 2.45) is 7.05 Å². The number of benzene rings is 1. The molecule has 0 bridgehead atoms. The van der Waals surface area contributed by atoms with Crippen LogP contribution < -0.4 is 10.3 Å². The van der Waals surface area contributed by atoms with Crippen LogP contribution >= 0.6 is 0 Å². The van der Waals surface area contributed by atoms with Gasteiger partial charge in [-0.15, -0.1) is 0 Å². The predicted octanol–water partition coefficient (Wildman–Crippen LogP) is 5.20. The van der Waals surface area contributed by atoms with Gasteiger partial charge in [-0.1, -0.05) is 0 Å². The zero-order chi connectivity index (χ0) is 28.8. The highest BCUT2D eigenvalue weighted by Crippen LogP contribution is 2.37. The van der Waals surface area contributed by atoms with Gasteiger partial charge in [0.15, 0.2) is 6.79 Å². The number of fused-ring (bicyclic) bond motifs is 2.